The minimum absolute atomic E-state index is 0.127. The summed E-state index contributed by atoms with van der Waals surface area (Å²) >= 11 is 5.74. The minimum Gasteiger partial charge on any atom is -0.501 e. The molecule has 1 aromatic rings. The molecule has 2 rings (SSSR count). The number of methoxy groups -OCH3 is 1. The summed E-state index contributed by atoms with van der Waals surface area (Å²) in [5.41, 5.74) is 9.14. The lowest BCUT2D eigenvalue weighted by molar-refractivity contribution is -0.139. The van der Waals surface area contributed by atoms with Crippen LogP contribution in [0.4, 0.5) is 0 Å². The van der Waals surface area contributed by atoms with Crippen molar-refractivity contribution in [3.8, 4) is 0 Å². The molecule has 6 nitrogen and oxygen atoms in total. The number of hydrogen-bond donors (Lipinski definition) is 4. The molecule has 2 unspecified atom stereocenters. The van der Waals surface area contributed by atoms with E-state index in [4.69, 9.17) is 10.5 Å². The van der Waals surface area contributed by atoms with Crippen molar-refractivity contribution in [2.45, 2.75) is 38.3 Å². The molecule has 0 heterocycles. The molecule has 0 fully saturated rings. The van der Waals surface area contributed by atoms with E-state index in [0.29, 0.717) is 29.9 Å². The first-order valence-corrected chi connectivity index (χ1v) is 13.0. The Morgan fingerprint density at radius 1 is 1.39 bits per heavy atom. The largest absolute Gasteiger partial charge is 0.501 e. The summed E-state index contributed by atoms with van der Waals surface area (Å²) in [4.78, 5) is 25.0. The number of ether oxygens (including phenoxy) is 1. The van der Waals surface area contributed by atoms with E-state index in [1.165, 1.54) is 0 Å². The summed E-state index contributed by atoms with van der Waals surface area (Å²) in [5.74, 6) is 0.832. The average Bonchev–Trinajstić information content (AvgIpc) is 2.81. The van der Waals surface area contributed by atoms with Gasteiger partial charge in [-0.3, -0.25) is 4.79 Å². The predicted octanol–water partition coefficient (Wildman–Crippen LogP) is 3.93. The molecule has 1 amide bonds. The highest BCUT2D eigenvalue weighted by Crippen LogP contribution is 2.34. The van der Waals surface area contributed by atoms with Crippen molar-refractivity contribution in [3.63, 3.8) is 0 Å². The lowest BCUT2D eigenvalue weighted by Gasteiger charge is -2.24. The third kappa shape index (κ3) is 7.98. The van der Waals surface area contributed by atoms with Crippen LogP contribution in [0.3, 0.4) is 0 Å². The lowest BCUT2D eigenvalue weighted by atomic mass is 9.84. The number of allylic oxidation sites excluding steroid dienone is 5. The Bertz CT molecular complexity index is 927. The zero-order chi connectivity index (χ0) is 24.4. The molecule has 1 aliphatic carbocycles. The van der Waals surface area contributed by atoms with Crippen LogP contribution < -0.4 is 11.1 Å². The van der Waals surface area contributed by atoms with Gasteiger partial charge in [0.05, 0.1) is 12.9 Å². The van der Waals surface area contributed by atoms with Crippen LogP contribution in [0.25, 0.3) is 5.57 Å². The highest BCUT2D eigenvalue weighted by atomic mass is 32.2. The fraction of sp³-hybridized carbons (Fsp3) is 0.440. The molecule has 0 saturated carbocycles. The highest BCUT2D eigenvalue weighted by molar-refractivity contribution is 7.98. The monoisotopic (exact) mass is 490 g/mol. The van der Waals surface area contributed by atoms with Crippen molar-refractivity contribution in [1.82, 2.24) is 5.32 Å². The molecule has 1 aliphatic rings. The minimum atomic E-state index is -1.03. The summed E-state index contributed by atoms with van der Waals surface area (Å²) < 4.78 is 5.38. The van der Waals surface area contributed by atoms with Gasteiger partial charge in [-0.1, -0.05) is 37.3 Å². The Hall–Kier alpha value is -2.16. The molecule has 3 atom stereocenters. The van der Waals surface area contributed by atoms with Crippen molar-refractivity contribution >= 4 is 41.8 Å². The average molecular weight is 491 g/mol. The van der Waals surface area contributed by atoms with Gasteiger partial charge in [-0.25, -0.2) is 4.79 Å². The highest BCUT2D eigenvalue weighted by Gasteiger charge is 2.25. The molecule has 0 bridgehead atoms. The van der Waals surface area contributed by atoms with Crippen LogP contribution in [-0.2, 0) is 16.0 Å². The molecular formula is C25H34N2O4S2. The van der Waals surface area contributed by atoms with Crippen molar-refractivity contribution in [2.24, 2.45) is 11.7 Å². The predicted molar refractivity (Wildman–Crippen MR) is 140 cm³/mol. The topological polar surface area (TPSA) is 102 Å². The van der Waals surface area contributed by atoms with Crippen LogP contribution in [0.5, 0.6) is 0 Å². The molecule has 4 N–H and O–H groups in total. The first-order chi connectivity index (χ1) is 15.8. The number of thiol groups is 1. The van der Waals surface area contributed by atoms with Gasteiger partial charge in [0.1, 0.15) is 6.04 Å². The van der Waals surface area contributed by atoms with E-state index in [0.717, 1.165) is 28.9 Å². The number of aliphatic carboxylic acids is 1. The Labute approximate surface area is 206 Å². The second-order valence-electron chi connectivity index (χ2n) is 8.07. The third-order valence-corrected chi connectivity index (χ3v) is 6.62. The van der Waals surface area contributed by atoms with Gasteiger partial charge in [-0.15, -0.1) is 0 Å². The molecule has 33 heavy (non-hydrogen) atoms. The zero-order valence-electron chi connectivity index (χ0n) is 19.4. The number of carboxylic acid groups (broad SMARTS) is 1. The number of thioether (sulfide) groups is 1. The number of nitrogens with one attached hydrogen (secondary N) is 1. The van der Waals surface area contributed by atoms with Gasteiger partial charge < -0.3 is 20.9 Å². The second kappa shape index (κ2) is 13.5. The van der Waals surface area contributed by atoms with Crippen LogP contribution >= 0.6 is 24.4 Å². The number of benzene rings is 1. The van der Waals surface area contributed by atoms with Gasteiger partial charge in [0.25, 0.3) is 5.91 Å². The molecule has 0 spiro atoms. The van der Waals surface area contributed by atoms with Gasteiger partial charge in [-0.05, 0) is 59.6 Å². The number of carbonyl (C=O) groups excluding carboxylic acids is 1. The van der Waals surface area contributed by atoms with E-state index < -0.39 is 12.0 Å². The van der Waals surface area contributed by atoms with E-state index in [9.17, 15) is 14.7 Å². The first kappa shape index (κ1) is 27.1. The Morgan fingerprint density at radius 2 is 2.15 bits per heavy atom. The Balaban J connectivity index is 2.42. The van der Waals surface area contributed by atoms with Crippen LogP contribution in [0, 0.1) is 5.92 Å². The number of nitrogens with two attached hydrogens (primary N) is 1. The lowest BCUT2D eigenvalue weighted by Crippen LogP contribution is -2.41. The van der Waals surface area contributed by atoms with Crippen molar-refractivity contribution < 1.29 is 19.4 Å². The summed E-state index contributed by atoms with van der Waals surface area (Å²) in [6.45, 7) is 2.09. The van der Waals surface area contributed by atoms with Crippen LogP contribution in [0.2, 0.25) is 0 Å². The van der Waals surface area contributed by atoms with Crippen molar-refractivity contribution in [1.29, 1.82) is 0 Å². The number of hydrogen-bond acceptors (Lipinski definition) is 6. The maximum atomic E-state index is 13.3. The number of carbonyl (C=O) groups is 2. The van der Waals surface area contributed by atoms with Crippen LogP contribution in [-0.4, -0.2) is 53.9 Å². The number of amides is 1. The third-order valence-electron chi connectivity index (χ3n) is 5.55. The van der Waals surface area contributed by atoms with Crippen LogP contribution in [0.1, 0.15) is 41.3 Å². The van der Waals surface area contributed by atoms with Crippen molar-refractivity contribution in [2.75, 3.05) is 24.9 Å². The Kier molecular flexibility index (Phi) is 11.1. The van der Waals surface area contributed by atoms with Crippen molar-refractivity contribution in [3.05, 3.63) is 65.0 Å². The van der Waals surface area contributed by atoms with E-state index in [1.807, 2.05) is 48.8 Å². The van der Waals surface area contributed by atoms with Gasteiger partial charge in [0, 0.05) is 23.8 Å². The summed E-state index contributed by atoms with van der Waals surface area (Å²) in [6, 6.07) is 4.72. The summed E-state index contributed by atoms with van der Waals surface area (Å²) in [6.07, 6.45) is 11.4. The van der Waals surface area contributed by atoms with Gasteiger partial charge in [-0.2, -0.15) is 24.4 Å². The Morgan fingerprint density at radius 3 is 2.76 bits per heavy atom. The van der Waals surface area contributed by atoms with Gasteiger partial charge in [0.2, 0.25) is 0 Å². The fourth-order valence-corrected chi connectivity index (χ4v) is 4.25. The van der Waals surface area contributed by atoms with E-state index in [1.54, 1.807) is 18.9 Å². The normalized spacial score (nSPS) is 17.8. The van der Waals surface area contributed by atoms with Crippen LogP contribution in [0.15, 0.2) is 48.3 Å². The SMILES string of the molecule is COC1=CC=C(c2ccc(C/C=C/C(N)CS)cc2C(=O)N[C@@H](CCSC)C(=O)O)C(C)C1. The quantitative estimate of drug-likeness (QED) is 0.262. The maximum absolute atomic E-state index is 13.3. The fourth-order valence-electron chi connectivity index (χ4n) is 3.66. The number of rotatable bonds is 12. The maximum Gasteiger partial charge on any atom is 0.326 e. The standard InChI is InChI=1S/C25H34N2O4S2/c1-16-13-19(31-2)8-10-20(16)21-9-7-17(5-4-6-18(26)15-32)14-22(21)24(28)27-23(25(29)30)11-12-33-3/h4,6-10,14,16,18,23,32H,5,11-13,15,26H2,1-3H3,(H,27,28)(H,29,30)/b6-4+/t16?,18?,23-/m0/s1. The molecule has 1 aromatic carbocycles. The van der Waals surface area contributed by atoms with Gasteiger partial charge in [0.15, 0.2) is 0 Å². The van der Waals surface area contributed by atoms with E-state index >= 15 is 0 Å². The number of carboxylic acids is 1. The molecule has 0 saturated heterocycles. The molecule has 180 valence electrons. The first-order valence-electron chi connectivity index (χ1n) is 10.9. The molecule has 0 aliphatic heterocycles. The van der Waals surface area contributed by atoms with E-state index in [-0.39, 0.29) is 17.9 Å². The molecule has 0 aromatic heterocycles. The molecule has 8 heteroatoms. The molecule has 0 radical (unpaired) electrons. The van der Waals surface area contributed by atoms with E-state index in [2.05, 4.69) is 24.9 Å². The molecular weight excluding hydrogens is 456 g/mol. The smallest absolute Gasteiger partial charge is 0.326 e. The summed E-state index contributed by atoms with van der Waals surface area (Å²) in [5, 5.41) is 12.3. The second-order valence-corrected chi connectivity index (χ2v) is 9.42. The summed E-state index contributed by atoms with van der Waals surface area (Å²) in [7, 11) is 1.65. The van der Waals surface area contributed by atoms with Gasteiger partial charge >= 0.3 is 5.97 Å². The zero-order valence-corrected chi connectivity index (χ0v) is 21.1.